The first kappa shape index (κ1) is 17.9. The highest BCUT2D eigenvalue weighted by atomic mass is 32.2. The quantitative estimate of drug-likeness (QED) is 0.464. The second-order valence-electron chi connectivity index (χ2n) is 4.85. The molecule has 0 spiro atoms. The van der Waals surface area contributed by atoms with Gasteiger partial charge in [-0.25, -0.2) is 4.98 Å². The molecular weight excluding hydrogens is 347 g/mol. The van der Waals surface area contributed by atoms with E-state index in [0.29, 0.717) is 17.0 Å². The van der Waals surface area contributed by atoms with Gasteiger partial charge in [-0.3, -0.25) is 9.97 Å². The molecule has 2 aromatic rings. The molecule has 6 nitrogen and oxygen atoms in total. The van der Waals surface area contributed by atoms with E-state index in [2.05, 4.69) is 25.7 Å². The van der Waals surface area contributed by atoms with Crippen molar-refractivity contribution in [3.8, 4) is 17.1 Å². The lowest BCUT2D eigenvalue weighted by Gasteiger charge is -2.13. The fourth-order valence-electron chi connectivity index (χ4n) is 1.72. The van der Waals surface area contributed by atoms with Gasteiger partial charge in [0.25, 0.3) is 0 Å². The molecule has 2 rings (SSSR count). The van der Waals surface area contributed by atoms with Crippen LogP contribution in [0.4, 0.5) is 13.2 Å². The maximum absolute atomic E-state index is 12.5. The zero-order chi connectivity index (χ0) is 18.0. The molecule has 0 aliphatic rings. The van der Waals surface area contributed by atoms with E-state index >= 15 is 0 Å². The fourth-order valence-corrected chi connectivity index (χ4v) is 2.20. The number of hydrogen-bond acceptors (Lipinski definition) is 6. The van der Waals surface area contributed by atoms with Crippen LogP contribution in [0.25, 0.3) is 11.4 Å². The molecule has 0 N–H and O–H groups in total. The fraction of sp³-hybridized carbons (Fsp3) is 0.214. The van der Waals surface area contributed by atoms with Crippen LogP contribution in [0.15, 0.2) is 42.9 Å². The second kappa shape index (κ2) is 6.56. The Morgan fingerprint density at radius 2 is 1.96 bits per heavy atom. The van der Waals surface area contributed by atoms with Crippen molar-refractivity contribution in [2.75, 3.05) is 0 Å². The van der Waals surface area contributed by atoms with Gasteiger partial charge in [-0.15, -0.1) is 0 Å². The Balaban J connectivity index is 2.47. The van der Waals surface area contributed by atoms with E-state index in [9.17, 15) is 21.6 Å². The predicted molar refractivity (Wildman–Crippen MR) is 79.4 cm³/mol. The van der Waals surface area contributed by atoms with Gasteiger partial charge >= 0.3 is 15.6 Å². The molecule has 128 valence electrons. The minimum atomic E-state index is -5.78. The number of aromatic nitrogens is 3. The first-order valence-electron chi connectivity index (χ1n) is 6.51. The lowest BCUT2D eigenvalue weighted by molar-refractivity contribution is -0.0500. The molecule has 0 radical (unpaired) electrons. The van der Waals surface area contributed by atoms with Crippen LogP contribution in [0, 0.1) is 0 Å². The van der Waals surface area contributed by atoms with Crippen LogP contribution < -0.4 is 4.18 Å². The Labute approximate surface area is 136 Å². The van der Waals surface area contributed by atoms with E-state index in [1.54, 1.807) is 6.92 Å². The van der Waals surface area contributed by atoms with Crippen LogP contribution in [-0.4, -0.2) is 28.9 Å². The highest BCUT2D eigenvalue weighted by molar-refractivity contribution is 7.88. The number of halogens is 3. The second-order valence-corrected chi connectivity index (χ2v) is 6.39. The molecule has 0 bridgehead atoms. The van der Waals surface area contributed by atoms with E-state index in [4.69, 9.17) is 0 Å². The summed E-state index contributed by atoms with van der Waals surface area (Å²) in [4.78, 5) is 12.0. The third-order valence-electron chi connectivity index (χ3n) is 2.71. The molecule has 2 aromatic heterocycles. The van der Waals surface area contributed by atoms with Gasteiger partial charge in [-0.1, -0.05) is 12.2 Å². The van der Waals surface area contributed by atoms with Crippen molar-refractivity contribution in [2.24, 2.45) is 0 Å². The molecule has 0 saturated heterocycles. The first-order valence-corrected chi connectivity index (χ1v) is 7.92. The molecular formula is C14H12F3N3O3S. The number of pyridine rings is 1. The standard InChI is InChI=1S/C14H12F3N3O3S/c1-9(2)7-11-13(23-24(21,22)14(15,16)17)4-3-10(20-11)12-8-18-5-6-19-12/h3-6,8H,1,7H2,2H3. The Hall–Kier alpha value is -2.49. The SMILES string of the molecule is C=C(C)Cc1nc(-c2cnccn2)ccc1OS(=O)(=O)C(F)(F)F. The molecule has 0 unspecified atom stereocenters. The maximum atomic E-state index is 12.5. The van der Waals surface area contributed by atoms with Crippen molar-refractivity contribution in [2.45, 2.75) is 18.9 Å². The number of hydrogen-bond donors (Lipinski definition) is 0. The third-order valence-corrected chi connectivity index (χ3v) is 3.68. The van der Waals surface area contributed by atoms with Crippen LogP contribution in [-0.2, 0) is 16.5 Å². The molecule has 24 heavy (non-hydrogen) atoms. The van der Waals surface area contributed by atoms with E-state index in [1.165, 1.54) is 24.7 Å². The molecule has 0 aliphatic heterocycles. The first-order chi connectivity index (χ1) is 11.1. The summed E-state index contributed by atoms with van der Waals surface area (Å²) in [7, 11) is -5.78. The van der Waals surface area contributed by atoms with Crippen LogP contribution in [0.3, 0.4) is 0 Å². The summed E-state index contributed by atoms with van der Waals surface area (Å²) in [6, 6.07) is 2.39. The normalized spacial score (nSPS) is 12.0. The lowest BCUT2D eigenvalue weighted by Crippen LogP contribution is -2.28. The molecule has 2 heterocycles. The number of nitrogens with zero attached hydrogens (tertiary/aromatic N) is 3. The highest BCUT2D eigenvalue weighted by Crippen LogP contribution is 2.30. The van der Waals surface area contributed by atoms with Crippen molar-refractivity contribution >= 4 is 10.1 Å². The van der Waals surface area contributed by atoms with Crippen molar-refractivity contribution in [3.63, 3.8) is 0 Å². The maximum Gasteiger partial charge on any atom is 0.534 e. The van der Waals surface area contributed by atoms with Gasteiger partial charge in [0.2, 0.25) is 0 Å². The van der Waals surface area contributed by atoms with Gasteiger partial charge in [0, 0.05) is 18.8 Å². The summed E-state index contributed by atoms with van der Waals surface area (Å²) in [5.41, 5.74) is -4.27. The van der Waals surface area contributed by atoms with Crippen LogP contribution in [0.5, 0.6) is 5.75 Å². The predicted octanol–water partition coefficient (Wildman–Crippen LogP) is 2.89. The van der Waals surface area contributed by atoms with Crippen molar-refractivity contribution in [1.82, 2.24) is 15.0 Å². The van der Waals surface area contributed by atoms with Crippen LogP contribution in [0.2, 0.25) is 0 Å². The topological polar surface area (TPSA) is 82.0 Å². The number of alkyl halides is 3. The average molecular weight is 359 g/mol. The monoisotopic (exact) mass is 359 g/mol. The molecule has 0 fully saturated rings. The zero-order valence-corrected chi connectivity index (χ0v) is 13.2. The molecule has 0 aromatic carbocycles. The van der Waals surface area contributed by atoms with Crippen molar-refractivity contribution < 1.29 is 25.8 Å². The molecule has 0 aliphatic carbocycles. The summed E-state index contributed by atoms with van der Waals surface area (Å²) in [5, 5.41) is 0. The van der Waals surface area contributed by atoms with E-state index < -0.39 is 21.4 Å². The van der Waals surface area contributed by atoms with E-state index in [1.807, 2.05) is 0 Å². The smallest absolute Gasteiger partial charge is 0.374 e. The van der Waals surface area contributed by atoms with Gasteiger partial charge in [0.1, 0.15) is 5.69 Å². The van der Waals surface area contributed by atoms with Gasteiger partial charge in [0.05, 0.1) is 17.6 Å². The van der Waals surface area contributed by atoms with Crippen molar-refractivity contribution in [1.29, 1.82) is 0 Å². The highest BCUT2D eigenvalue weighted by Gasteiger charge is 2.48. The van der Waals surface area contributed by atoms with E-state index in [-0.39, 0.29) is 12.1 Å². The Kier molecular flexibility index (Phi) is 4.88. The van der Waals surface area contributed by atoms with Crippen molar-refractivity contribution in [3.05, 3.63) is 48.6 Å². The minimum absolute atomic E-state index is 0.00141. The third kappa shape index (κ3) is 4.07. The van der Waals surface area contributed by atoms with Gasteiger partial charge in [-0.05, 0) is 19.1 Å². The lowest BCUT2D eigenvalue weighted by atomic mass is 10.1. The Morgan fingerprint density at radius 3 is 2.50 bits per heavy atom. The van der Waals surface area contributed by atoms with Gasteiger partial charge in [-0.2, -0.15) is 21.6 Å². The molecule has 10 heteroatoms. The molecule has 0 amide bonds. The van der Waals surface area contributed by atoms with E-state index in [0.717, 1.165) is 6.07 Å². The molecule has 0 saturated carbocycles. The summed E-state index contributed by atoms with van der Waals surface area (Å²) in [6.45, 7) is 5.27. The largest absolute Gasteiger partial charge is 0.534 e. The molecule has 0 atom stereocenters. The zero-order valence-electron chi connectivity index (χ0n) is 12.4. The number of allylic oxidation sites excluding steroid dienone is 1. The van der Waals surface area contributed by atoms with Gasteiger partial charge in [0.15, 0.2) is 5.75 Å². The summed E-state index contributed by atoms with van der Waals surface area (Å²) < 4.78 is 64.1. The minimum Gasteiger partial charge on any atom is -0.374 e. The van der Waals surface area contributed by atoms with Gasteiger partial charge < -0.3 is 4.18 Å². The summed E-state index contributed by atoms with van der Waals surface area (Å²) in [6.07, 6.45) is 4.33. The average Bonchev–Trinajstić information content (AvgIpc) is 2.48. The van der Waals surface area contributed by atoms with Crippen LogP contribution in [0.1, 0.15) is 12.6 Å². The number of rotatable bonds is 5. The van der Waals surface area contributed by atoms with Crippen LogP contribution >= 0.6 is 0 Å². The summed E-state index contributed by atoms with van der Waals surface area (Å²) in [5.74, 6) is -0.511. The summed E-state index contributed by atoms with van der Waals surface area (Å²) >= 11 is 0. The Morgan fingerprint density at radius 1 is 1.25 bits per heavy atom. The Bertz CT molecular complexity index is 853.